The molecule has 0 spiro atoms. The van der Waals surface area contributed by atoms with Gasteiger partial charge in [0.25, 0.3) is 0 Å². The Bertz CT molecular complexity index is 393. The minimum atomic E-state index is -0.0864. The summed E-state index contributed by atoms with van der Waals surface area (Å²) in [5.74, 6) is 2.40. The second-order valence-corrected chi connectivity index (χ2v) is 5.50. The predicted molar refractivity (Wildman–Crippen MR) is 71.1 cm³/mol. The highest BCUT2D eigenvalue weighted by Gasteiger charge is 2.28. The standard InChI is InChI=1S/C12H18BrN3O/c1-3-11-14-10(13)6-12(15-11)16(2)7-8-4-9(17)5-8/h6,8-9,17H,3-5,7H2,1-2H3. The van der Waals surface area contributed by atoms with Crippen LogP contribution in [0.4, 0.5) is 5.82 Å². The number of aromatic nitrogens is 2. The van der Waals surface area contributed by atoms with Gasteiger partial charge in [-0.3, -0.25) is 0 Å². The number of anilines is 1. The fraction of sp³-hybridized carbons (Fsp3) is 0.667. The van der Waals surface area contributed by atoms with E-state index in [0.717, 1.165) is 42.1 Å². The van der Waals surface area contributed by atoms with Gasteiger partial charge < -0.3 is 10.0 Å². The van der Waals surface area contributed by atoms with Gasteiger partial charge in [-0.25, -0.2) is 9.97 Å². The van der Waals surface area contributed by atoms with Crippen LogP contribution < -0.4 is 4.90 Å². The van der Waals surface area contributed by atoms with Crippen LogP contribution in [0.2, 0.25) is 0 Å². The Balaban J connectivity index is 2.02. The molecule has 1 heterocycles. The van der Waals surface area contributed by atoms with E-state index in [9.17, 15) is 5.11 Å². The Morgan fingerprint density at radius 2 is 2.18 bits per heavy atom. The van der Waals surface area contributed by atoms with Gasteiger partial charge in [-0.05, 0) is 34.7 Å². The zero-order chi connectivity index (χ0) is 12.4. The van der Waals surface area contributed by atoms with Crippen LogP contribution in [-0.2, 0) is 6.42 Å². The lowest BCUT2D eigenvalue weighted by Gasteiger charge is -2.34. The molecule has 0 radical (unpaired) electrons. The Morgan fingerprint density at radius 1 is 1.47 bits per heavy atom. The van der Waals surface area contributed by atoms with E-state index in [1.54, 1.807) is 0 Å². The molecule has 0 bridgehead atoms. The summed E-state index contributed by atoms with van der Waals surface area (Å²) < 4.78 is 0.833. The average molecular weight is 300 g/mol. The van der Waals surface area contributed by atoms with Crippen molar-refractivity contribution in [1.82, 2.24) is 9.97 Å². The summed E-state index contributed by atoms with van der Waals surface area (Å²) in [6, 6.07) is 1.94. The third-order valence-electron chi connectivity index (χ3n) is 3.18. The molecule has 0 unspecified atom stereocenters. The van der Waals surface area contributed by atoms with Crippen LogP contribution in [0, 0.1) is 5.92 Å². The molecule has 1 aliphatic rings. The SMILES string of the molecule is CCc1nc(Br)cc(N(C)CC2CC(O)C2)n1. The zero-order valence-corrected chi connectivity index (χ0v) is 11.8. The molecule has 4 nitrogen and oxygen atoms in total. The summed E-state index contributed by atoms with van der Waals surface area (Å²) in [5.41, 5.74) is 0. The molecule has 1 fully saturated rings. The van der Waals surface area contributed by atoms with Crippen molar-refractivity contribution in [2.45, 2.75) is 32.3 Å². The number of aryl methyl sites for hydroxylation is 1. The summed E-state index contributed by atoms with van der Waals surface area (Å²) in [4.78, 5) is 10.9. The lowest BCUT2D eigenvalue weighted by molar-refractivity contribution is 0.0464. The van der Waals surface area contributed by atoms with Crippen LogP contribution in [0.25, 0.3) is 0 Å². The maximum atomic E-state index is 9.28. The van der Waals surface area contributed by atoms with Gasteiger partial charge >= 0.3 is 0 Å². The molecule has 1 aromatic rings. The summed E-state index contributed by atoms with van der Waals surface area (Å²) in [5, 5.41) is 9.28. The lowest BCUT2D eigenvalue weighted by Crippen LogP contribution is -2.37. The Hall–Kier alpha value is -0.680. The van der Waals surface area contributed by atoms with Crippen molar-refractivity contribution in [1.29, 1.82) is 0 Å². The summed E-state index contributed by atoms with van der Waals surface area (Å²) >= 11 is 3.41. The normalized spacial score (nSPS) is 23.3. The largest absolute Gasteiger partial charge is 0.393 e. The van der Waals surface area contributed by atoms with Gasteiger partial charge in [0, 0.05) is 26.1 Å². The first-order valence-electron chi connectivity index (χ1n) is 6.01. The Kier molecular flexibility index (Phi) is 3.99. The van der Waals surface area contributed by atoms with E-state index < -0.39 is 0 Å². The first-order valence-corrected chi connectivity index (χ1v) is 6.80. The molecule has 0 atom stereocenters. The molecule has 5 heteroatoms. The van der Waals surface area contributed by atoms with Gasteiger partial charge in [0.05, 0.1) is 6.10 Å². The average Bonchev–Trinajstić information content (AvgIpc) is 2.26. The second-order valence-electron chi connectivity index (χ2n) is 4.69. The smallest absolute Gasteiger partial charge is 0.133 e. The summed E-state index contributed by atoms with van der Waals surface area (Å²) in [6.07, 6.45) is 2.58. The van der Waals surface area contributed by atoms with E-state index in [1.165, 1.54) is 0 Å². The molecule has 1 aliphatic carbocycles. The van der Waals surface area contributed by atoms with E-state index in [1.807, 2.05) is 20.0 Å². The monoisotopic (exact) mass is 299 g/mol. The van der Waals surface area contributed by atoms with Crippen LogP contribution in [0.5, 0.6) is 0 Å². The summed E-state index contributed by atoms with van der Waals surface area (Å²) in [6.45, 7) is 3.00. The molecule has 1 saturated carbocycles. The quantitative estimate of drug-likeness (QED) is 0.864. The van der Waals surface area contributed by atoms with E-state index >= 15 is 0 Å². The van der Waals surface area contributed by atoms with Crippen LogP contribution in [0.3, 0.4) is 0 Å². The number of rotatable bonds is 4. The maximum Gasteiger partial charge on any atom is 0.133 e. The van der Waals surface area contributed by atoms with Crippen LogP contribution in [0.15, 0.2) is 10.7 Å². The second kappa shape index (κ2) is 5.31. The van der Waals surface area contributed by atoms with Crippen molar-refractivity contribution in [2.75, 3.05) is 18.5 Å². The fourth-order valence-corrected chi connectivity index (χ4v) is 2.55. The molecule has 0 aliphatic heterocycles. The van der Waals surface area contributed by atoms with E-state index in [4.69, 9.17) is 0 Å². The van der Waals surface area contributed by atoms with Gasteiger partial charge in [0.2, 0.25) is 0 Å². The van der Waals surface area contributed by atoms with E-state index in [-0.39, 0.29) is 6.10 Å². The predicted octanol–water partition coefficient (Wildman–Crippen LogP) is 2.01. The number of hydrogen-bond donors (Lipinski definition) is 1. The molecule has 17 heavy (non-hydrogen) atoms. The number of nitrogens with zero attached hydrogens (tertiary/aromatic N) is 3. The summed E-state index contributed by atoms with van der Waals surface area (Å²) in [7, 11) is 2.04. The topological polar surface area (TPSA) is 49.2 Å². The Morgan fingerprint density at radius 3 is 2.76 bits per heavy atom. The van der Waals surface area contributed by atoms with Crippen molar-refractivity contribution in [2.24, 2.45) is 5.92 Å². The highest BCUT2D eigenvalue weighted by atomic mass is 79.9. The molecule has 0 aromatic carbocycles. The van der Waals surface area contributed by atoms with Crippen LogP contribution >= 0.6 is 15.9 Å². The molecule has 2 rings (SSSR count). The van der Waals surface area contributed by atoms with E-state index in [0.29, 0.717) is 5.92 Å². The van der Waals surface area contributed by atoms with Crippen molar-refractivity contribution in [3.05, 3.63) is 16.5 Å². The van der Waals surface area contributed by atoms with Gasteiger partial charge in [0.1, 0.15) is 16.2 Å². The highest BCUT2D eigenvalue weighted by molar-refractivity contribution is 9.10. The molecule has 1 N–H and O–H groups in total. The number of halogens is 1. The molecule has 1 aromatic heterocycles. The zero-order valence-electron chi connectivity index (χ0n) is 10.2. The van der Waals surface area contributed by atoms with Crippen molar-refractivity contribution >= 4 is 21.7 Å². The first kappa shape index (κ1) is 12.8. The van der Waals surface area contributed by atoms with Crippen molar-refractivity contribution in [3.8, 4) is 0 Å². The number of aliphatic hydroxyl groups is 1. The van der Waals surface area contributed by atoms with E-state index in [2.05, 4.69) is 30.8 Å². The molecule has 94 valence electrons. The first-order chi connectivity index (χ1) is 8.08. The van der Waals surface area contributed by atoms with Gasteiger partial charge in [-0.15, -0.1) is 0 Å². The molecular formula is C12H18BrN3O. The van der Waals surface area contributed by atoms with Gasteiger partial charge in [-0.1, -0.05) is 6.92 Å². The van der Waals surface area contributed by atoms with Gasteiger partial charge in [0.15, 0.2) is 0 Å². The minimum absolute atomic E-state index is 0.0864. The molecule has 0 saturated heterocycles. The third kappa shape index (κ3) is 3.16. The highest BCUT2D eigenvalue weighted by Crippen LogP contribution is 2.29. The molecular weight excluding hydrogens is 282 g/mol. The Labute approximate surface area is 110 Å². The molecule has 0 amide bonds. The fourth-order valence-electron chi connectivity index (χ4n) is 2.14. The van der Waals surface area contributed by atoms with Crippen LogP contribution in [0.1, 0.15) is 25.6 Å². The number of hydrogen-bond acceptors (Lipinski definition) is 4. The van der Waals surface area contributed by atoms with Crippen LogP contribution in [-0.4, -0.2) is 34.8 Å². The number of aliphatic hydroxyl groups excluding tert-OH is 1. The maximum absolute atomic E-state index is 9.28. The van der Waals surface area contributed by atoms with Gasteiger partial charge in [-0.2, -0.15) is 0 Å². The third-order valence-corrected chi connectivity index (χ3v) is 3.58. The van der Waals surface area contributed by atoms with Crippen molar-refractivity contribution in [3.63, 3.8) is 0 Å². The lowest BCUT2D eigenvalue weighted by atomic mass is 9.82. The minimum Gasteiger partial charge on any atom is -0.393 e. The van der Waals surface area contributed by atoms with Crippen molar-refractivity contribution < 1.29 is 5.11 Å².